The Bertz CT molecular complexity index is 1180. The number of H-pyrrole nitrogens is 1. The van der Waals surface area contributed by atoms with Gasteiger partial charge in [0, 0.05) is 42.8 Å². The summed E-state index contributed by atoms with van der Waals surface area (Å²) in [5, 5.41) is 5.54. The van der Waals surface area contributed by atoms with Crippen LogP contribution in [0.4, 0.5) is 5.82 Å². The molecule has 5 rings (SSSR count). The highest BCUT2D eigenvalue weighted by atomic mass is 16.2. The van der Waals surface area contributed by atoms with Gasteiger partial charge in [-0.25, -0.2) is 9.67 Å². The summed E-state index contributed by atoms with van der Waals surface area (Å²) < 4.78 is 1.81. The summed E-state index contributed by atoms with van der Waals surface area (Å²) in [4.78, 5) is 29.3. The van der Waals surface area contributed by atoms with Crippen LogP contribution < -0.4 is 4.90 Å². The van der Waals surface area contributed by atoms with Crippen LogP contribution in [-0.4, -0.2) is 61.7 Å². The van der Waals surface area contributed by atoms with Crippen LogP contribution in [0.3, 0.4) is 0 Å². The van der Waals surface area contributed by atoms with Crippen molar-refractivity contribution < 1.29 is 4.79 Å². The van der Waals surface area contributed by atoms with Gasteiger partial charge in [0.1, 0.15) is 11.5 Å². The number of piperazine rings is 1. The number of fused-ring (bicyclic) bond motifs is 1. The Balaban J connectivity index is 1.29. The molecule has 1 fully saturated rings. The maximum atomic E-state index is 12.9. The predicted octanol–water partition coefficient (Wildman–Crippen LogP) is 2.72. The van der Waals surface area contributed by atoms with Gasteiger partial charge >= 0.3 is 0 Å². The van der Waals surface area contributed by atoms with Gasteiger partial charge in [0.15, 0.2) is 5.82 Å². The Morgan fingerprint density at radius 2 is 1.77 bits per heavy atom. The van der Waals surface area contributed by atoms with E-state index in [2.05, 4.69) is 20.0 Å². The monoisotopic (exact) mass is 401 g/mol. The SMILES string of the molecule is Cc1cc(C)n(-c2cncc(N3CCN(C(=O)c4cc5ccccc5[nH]4)CC3)n2)n1. The lowest BCUT2D eigenvalue weighted by Crippen LogP contribution is -2.49. The van der Waals surface area contributed by atoms with E-state index in [4.69, 9.17) is 4.98 Å². The molecular weight excluding hydrogens is 378 g/mol. The number of rotatable bonds is 3. The molecule has 1 N–H and O–H groups in total. The van der Waals surface area contributed by atoms with Crippen molar-refractivity contribution in [1.82, 2.24) is 29.6 Å². The van der Waals surface area contributed by atoms with Crippen LogP contribution in [0.1, 0.15) is 21.9 Å². The molecule has 4 aromatic rings. The van der Waals surface area contributed by atoms with Gasteiger partial charge in [-0.2, -0.15) is 5.10 Å². The van der Waals surface area contributed by atoms with Crippen molar-refractivity contribution in [3.05, 3.63) is 65.9 Å². The van der Waals surface area contributed by atoms with Crippen molar-refractivity contribution in [1.29, 1.82) is 0 Å². The number of amides is 1. The first-order valence-corrected chi connectivity index (χ1v) is 10.1. The van der Waals surface area contributed by atoms with E-state index < -0.39 is 0 Å². The number of aryl methyl sites for hydroxylation is 2. The second-order valence-corrected chi connectivity index (χ2v) is 7.62. The molecule has 152 valence electrons. The second kappa shape index (κ2) is 7.29. The molecule has 1 aromatic carbocycles. The van der Waals surface area contributed by atoms with E-state index in [1.807, 2.05) is 59.8 Å². The van der Waals surface area contributed by atoms with E-state index >= 15 is 0 Å². The molecule has 4 heterocycles. The average Bonchev–Trinajstić information content (AvgIpc) is 3.36. The van der Waals surface area contributed by atoms with Crippen molar-refractivity contribution in [2.75, 3.05) is 31.1 Å². The summed E-state index contributed by atoms with van der Waals surface area (Å²) in [5.74, 6) is 1.54. The Morgan fingerprint density at radius 1 is 1.00 bits per heavy atom. The van der Waals surface area contributed by atoms with Gasteiger partial charge in [0.2, 0.25) is 0 Å². The molecule has 0 aliphatic carbocycles. The smallest absolute Gasteiger partial charge is 0.270 e. The minimum atomic E-state index is 0.0355. The van der Waals surface area contributed by atoms with Gasteiger partial charge in [-0.3, -0.25) is 9.78 Å². The lowest BCUT2D eigenvalue weighted by atomic mass is 10.2. The predicted molar refractivity (Wildman–Crippen MR) is 115 cm³/mol. The van der Waals surface area contributed by atoms with Crippen LogP contribution in [0.15, 0.2) is 48.8 Å². The van der Waals surface area contributed by atoms with Crippen molar-refractivity contribution in [3.8, 4) is 5.82 Å². The standard InChI is InChI=1S/C22H23N7O/c1-15-11-16(2)29(26-15)21-14-23-13-20(25-21)27-7-9-28(10-8-27)22(30)19-12-17-5-3-4-6-18(17)24-19/h3-6,11-14,24H,7-10H2,1-2H3. The third-order valence-corrected chi connectivity index (χ3v) is 5.49. The van der Waals surface area contributed by atoms with Crippen LogP contribution in [0.5, 0.6) is 0 Å². The number of carbonyl (C=O) groups is 1. The molecule has 1 aliphatic rings. The minimum Gasteiger partial charge on any atom is -0.352 e. The molecule has 0 spiro atoms. The summed E-state index contributed by atoms with van der Waals surface area (Å²) in [6.45, 7) is 6.66. The summed E-state index contributed by atoms with van der Waals surface area (Å²) in [7, 11) is 0. The third-order valence-electron chi connectivity index (χ3n) is 5.49. The molecule has 0 radical (unpaired) electrons. The van der Waals surface area contributed by atoms with Crippen molar-refractivity contribution in [3.63, 3.8) is 0 Å². The molecule has 8 heteroatoms. The molecule has 0 atom stereocenters. The second-order valence-electron chi connectivity index (χ2n) is 7.62. The minimum absolute atomic E-state index is 0.0355. The largest absolute Gasteiger partial charge is 0.352 e. The first-order valence-electron chi connectivity index (χ1n) is 10.1. The molecule has 1 amide bonds. The van der Waals surface area contributed by atoms with Gasteiger partial charge in [0.05, 0.1) is 18.1 Å². The van der Waals surface area contributed by atoms with E-state index in [1.54, 1.807) is 12.4 Å². The number of nitrogens with zero attached hydrogens (tertiary/aromatic N) is 6. The lowest BCUT2D eigenvalue weighted by Gasteiger charge is -2.35. The van der Waals surface area contributed by atoms with Crippen LogP contribution >= 0.6 is 0 Å². The summed E-state index contributed by atoms with van der Waals surface area (Å²) in [6.07, 6.45) is 3.49. The topological polar surface area (TPSA) is 82.9 Å². The van der Waals surface area contributed by atoms with E-state index in [0.717, 1.165) is 28.1 Å². The van der Waals surface area contributed by atoms with E-state index in [0.29, 0.717) is 37.7 Å². The molecule has 8 nitrogen and oxygen atoms in total. The summed E-state index contributed by atoms with van der Waals surface area (Å²) in [5.41, 5.74) is 3.59. The fraction of sp³-hybridized carbons (Fsp3) is 0.273. The van der Waals surface area contributed by atoms with Crippen LogP contribution in [0, 0.1) is 13.8 Å². The number of aromatic nitrogens is 5. The van der Waals surface area contributed by atoms with Crippen LogP contribution in [-0.2, 0) is 0 Å². The number of anilines is 1. The molecular formula is C22H23N7O. The summed E-state index contributed by atoms with van der Waals surface area (Å²) >= 11 is 0. The van der Waals surface area contributed by atoms with Gasteiger partial charge in [-0.15, -0.1) is 0 Å². The Kier molecular flexibility index (Phi) is 4.46. The number of benzene rings is 1. The number of hydrogen-bond donors (Lipinski definition) is 1. The summed E-state index contributed by atoms with van der Waals surface area (Å²) in [6, 6.07) is 11.9. The third kappa shape index (κ3) is 3.30. The zero-order valence-electron chi connectivity index (χ0n) is 17.0. The number of aromatic amines is 1. The lowest BCUT2D eigenvalue weighted by molar-refractivity contribution is 0.0741. The fourth-order valence-corrected chi connectivity index (χ4v) is 3.96. The highest BCUT2D eigenvalue weighted by Gasteiger charge is 2.24. The highest BCUT2D eigenvalue weighted by Crippen LogP contribution is 2.19. The first-order chi connectivity index (χ1) is 14.6. The van der Waals surface area contributed by atoms with E-state index in [9.17, 15) is 4.79 Å². The van der Waals surface area contributed by atoms with Gasteiger partial charge < -0.3 is 14.8 Å². The zero-order chi connectivity index (χ0) is 20.7. The normalized spacial score (nSPS) is 14.5. The molecule has 0 saturated carbocycles. The van der Waals surface area contributed by atoms with E-state index in [1.165, 1.54) is 0 Å². The number of carbonyl (C=O) groups excluding carboxylic acids is 1. The number of hydrogen-bond acceptors (Lipinski definition) is 5. The average molecular weight is 401 g/mol. The Labute approximate surface area is 174 Å². The highest BCUT2D eigenvalue weighted by molar-refractivity contribution is 5.98. The molecule has 0 unspecified atom stereocenters. The van der Waals surface area contributed by atoms with Gasteiger partial charge in [-0.05, 0) is 32.0 Å². The van der Waals surface area contributed by atoms with Crippen LogP contribution in [0.25, 0.3) is 16.7 Å². The van der Waals surface area contributed by atoms with Crippen molar-refractivity contribution >= 4 is 22.6 Å². The molecule has 3 aromatic heterocycles. The van der Waals surface area contributed by atoms with Crippen molar-refractivity contribution in [2.24, 2.45) is 0 Å². The van der Waals surface area contributed by atoms with Gasteiger partial charge in [-0.1, -0.05) is 18.2 Å². The molecule has 0 bridgehead atoms. The Hall–Kier alpha value is -3.68. The number of para-hydroxylation sites is 1. The first kappa shape index (κ1) is 18.4. The maximum Gasteiger partial charge on any atom is 0.270 e. The van der Waals surface area contributed by atoms with Gasteiger partial charge in [0.25, 0.3) is 5.91 Å². The van der Waals surface area contributed by atoms with Crippen molar-refractivity contribution in [2.45, 2.75) is 13.8 Å². The molecule has 1 saturated heterocycles. The maximum absolute atomic E-state index is 12.9. The Morgan fingerprint density at radius 3 is 2.50 bits per heavy atom. The molecule has 1 aliphatic heterocycles. The number of nitrogens with one attached hydrogen (secondary N) is 1. The molecule has 30 heavy (non-hydrogen) atoms. The zero-order valence-corrected chi connectivity index (χ0v) is 17.0. The van der Waals surface area contributed by atoms with Crippen LogP contribution in [0.2, 0.25) is 0 Å². The van der Waals surface area contributed by atoms with E-state index in [-0.39, 0.29) is 5.91 Å². The quantitative estimate of drug-likeness (QED) is 0.571. The fourth-order valence-electron chi connectivity index (χ4n) is 3.96.